The first kappa shape index (κ1) is 11.0. The molecule has 1 amide bonds. The minimum atomic E-state index is -0.00113. The molecule has 1 aliphatic carbocycles. The topological polar surface area (TPSA) is 33.5 Å². The van der Waals surface area contributed by atoms with Crippen molar-refractivity contribution in [3.63, 3.8) is 0 Å². The highest BCUT2D eigenvalue weighted by Gasteiger charge is 2.33. The van der Waals surface area contributed by atoms with Gasteiger partial charge in [0.15, 0.2) is 4.67 Å². The lowest BCUT2D eigenvalue weighted by Gasteiger charge is -2.20. The minimum Gasteiger partial charge on any atom is -0.457 e. The van der Waals surface area contributed by atoms with Crippen molar-refractivity contribution in [3.05, 3.63) is 22.6 Å². The first-order chi connectivity index (χ1) is 7.24. The second-order valence-corrected chi connectivity index (χ2v) is 4.62. The summed E-state index contributed by atoms with van der Waals surface area (Å²) in [5, 5.41) is 0. The molecular formula is C10H11BrClNO2. The highest BCUT2D eigenvalue weighted by Crippen LogP contribution is 2.29. The van der Waals surface area contributed by atoms with Crippen LogP contribution in [0.5, 0.6) is 0 Å². The molecule has 0 N–H and O–H groups in total. The van der Waals surface area contributed by atoms with Crippen LogP contribution in [0.2, 0.25) is 0 Å². The second-order valence-electron chi connectivity index (χ2n) is 3.53. The number of carbonyl (C=O) groups excluding carboxylic acids is 1. The van der Waals surface area contributed by atoms with Crippen LogP contribution in [0.4, 0.5) is 0 Å². The molecule has 1 aliphatic rings. The van der Waals surface area contributed by atoms with Gasteiger partial charge in [-0.05, 0) is 34.8 Å². The molecular weight excluding hydrogens is 281 g/mol. The lowest BCUT2D eigenvalue weighted by atomic mass is 10.3. The number of halogens is 2. The van der Waals surface area contributed by atoms with Gasteiger partial charge >= 0.3 is 0 Å². The van der Waals surface area contributed by atoms with Gasteiger partial charge in [-0.3, -0.25) is 4.79 Å². The Morgan fingerprint density at radius 1 is 1.67 bits per heavy atom. The number of alkyl halides is 1. The quantitative estimate of drug-likeness (QED) is 0.800. The van der Waals surface area contributed by atoms with E-state index in [0.717, 1.165) is 12.8 Å². The van der Waals surface area contributed by atoms with E-state index in [1.54, 1.807) is 6.07 Å². The summed E-state index contributed by atoms with van der Waals surface area (Å²) in [4.78, 5) is 13.9. The average molecular weight is 293 g/mol. The molecule has 2 rings (SSSR count). The van der Waals surface area contributed by atoms with Crippen molar-refractivity contribution in [2.24, 2.45) is 0 Å². The maximum Gasteiger partial charge on any atom is 0.258 e. The summed E-state index contributed by atoms with van der Waals surface area (Å²) in [6.07, 6.45) is 3.67. The van der Waals surface area contributed by atoms with Gasteiger partial charge in [-0.15, -0.1) is 11.6 Å². The van der Waals surface area contributed by atoms with Crippen molar-refractivity contribution >= 4 is 33.4 Å². The van der Waals surface area contributed by atoms with Crippen LogP contribution in [0.15, 0.2) is 21.4 Å². The zero-order chi connectivity index (χ0) is 10.8. The summed E-state index contributed by atoms with van der Waals surface area (Å²) in [5.74, 6) is 0.469. The second kappa shape index (κ2) is 4.58. The molecule has 0 aromatic carbocycles. The van der Waals surface area contributed by atoms with E-state index in [4.69, 9.17) is 16.0 Å². The predicted octanol–water partition coefficient (Wildman–Crippen LogP) is 2.89. The molecule has 1 aromatic heterocycles. The van der Waals surface area contributed by atoms with Gasteiger partial charge in [0.2, 0.25) is 0 Å². The van der Waals surface area contributed by atoms with E-state index in [0.29, 0.717) is 28.7 Å². The van der Waals surface area contributed by atoms with Crippen molar-refractivity contribution in [1.29, 1.82) is 0 Å². The van der Waals surface area contributed by atoms with Crippen molar-refractivity contribution in [2.75, 3.05) is 12.4 Å². The Kier molecular flexibility index (Phi) is 3.36. The minimum absolute atomic E-state index is 0.00113. The third-order valence-electron chi connectivity index (χ3n) is 2.42. The highest BCUT2D eigenvalue weighted by atomic mass is 79.9. The number of furan rings is 1. The first-order valence-corrected chi connectivity index (χ1v) is 6.16. The number of hydrogen-bond acceptors (Lipinski definition) is 2. The third kappa shape index (κ3) is 2.37. The highest BCUT2D eigenvalue weighted by molar-refractivity contribution is 9.10. The maximum absolute atomic E-state index is 12.1. The molecule has 0 saturated heterocycles. The van der Waals surface area contributed by atoms with Gasteiger partial charge in [0.25, 0.3) is 5.91 Å². The zero-order valence-electron chi connectivity index (χ0n) is 8.08. The number of nitrogens with zero attached hydrogens (tertiary/aromatic N) is 1. The predicted molar refractivity (Wildman–Crippen MR) is 61.2 cm³/mol. The van der Waals surface area contributed by atoms with E-state index in [9.17, 15) is 4.79 Å². The van der Waals surface area contributed by atoms with Gasteiger partial charge in [0.1, 0.15) is 0 Å². The summed E-state index contributed by atoms with van der Waals surface area (Å²) < 4.78 is 5.54. The monoisotopic (exact) mass is 291 g/mol. The largest absolute Gasteiger partial charge is 0.457 e. The van der Waals surface area contributed by atoms with Crippen LogP contribution in [-0.2, 0) is 0 Å². The Bertz CT molecular complexity index is 362. The first-order valence-electron chi connectivity index (χ1n) is 4.84. The molecule has 1 heterocycles. The van der Waals surface area contributed by atoms with E-state index in [1.807, 2.05) is 4.90 Å². The molecule has 1 fully saturated rings. The van der Waals surface area contributed by atoms with E-state index in [2.05, 4.69) is 15.9 Å². The summed E-state index contributed by atoms with van der Waals surface area (Å²) >= 11 is 8.89. The summed E-state index contributed by atoms with van der Waals surface area (Å²) in [5.41, 5.74) is 0.576. The van der Waals surface area contributed by atoms with E-state index in [-0.39, 0.29) is 5.91 Å². The normalized spacial score (nSPS) is 15.3. The van der Waals surface area contributed by atoms with Crippen LogP contribution in [0, 0.1) is 0 Å². The molecule has 1 saturated carbocycles. The van der Waals surface area contributed by atoms with Crippen LogP contribution in [-0.4, -0.2) is 29.3 Å². The lowest BCUT2D eigenvalue weighted by molar-refractivity contribution is 0.0751. The van der Waals surface area contributed by atoms with Crippen LogP contribution >= 0.6 is 27.5 Å². The van der Waals surface area contributed by atoms with E-state index in [1.165, 1.54) is 6.26 Å². The standard InChI is InChI=1S/C10H11BrClNO2/c11-9-8(3-6-15-9)10(14)13(5-4-12)7-1-2-7/h3,6-7H,1-2,4-5H2. The van der Waals surface area contributed by atoms with Crippen LogP contribution < -0.4 is 0 Å². The van der Waals surface area contributed by atoms with E-state index < -0.39 is 0 Å². The van der Waals surface area contributed by atoms with Gasteiger partial charge in [-0.25, -0.2) is 0 Å². The Morgan fingerprint density at radius 3 is 2.87 bits per heavy atom. The van der Waals surface area contributed by atoms with Crippen LogP contribution in [0.3, 0.4) is 0 Å². The summed E-state index contributed by atoms with van der Waals surface area (Å²) in [7, 11) is 0. The Labute approximate surface area is 102 Å². The van der Waals surface area contributed by atoms with E-state index >= 15 is 0 Å². The Balaban J connectivity index is 2.14. The Morgan fingerprint density at radius 2 is 2.40 bits per heavy atom. The van der Waals surface area contributed by atoms with Crippen LogP contribution in [0.25, 0.3) is 0 Å². The molecule has 0 radical (unpaired) electrons. The van der Waals surface area contributed by atoms with Gasteiger partial charge < -0.3 is 9.32 Å². The van der Waals surface area contributed by atoms with Gasteiger partial charge in [-0.2, -0.15) is 0 Å². The van der Waals surface area contributed by atoms with Gasteiger partial charge in [0, 0.05) is 18.5 Å². The third-order valence-corrected chi connectivity index (χ3v) is 3.21. The van der Waals surface area contributed by atoms with Gasteiger partial charge in [-0.1, -0.05) is 0 Å². The molecule has 0 bridgehead atoms. The SMILES string of the molecule is O=C(c1ccoc1Br)N(CCCl)C1CC1. The molecule has 1 aromatic rings. The molecule has 0 unspecified atom stereocenters. The number of carbonyl (C=O) groups is 1. The fourth-order valence-electron chi connectivity index (χ4n) is 1.53. The summed E-state index contributed by atoms with van der Waals surface area (Å²) in [6, 6.07) is 2.05. The molecule has 0 aliphatic heterocycles. The Hall–Kier alpha value is -0.480. The molecule has 5 heteroatoms. The molecule has 0 spiro atoms. The summed E-state index contributed by atoms with van der Waals surface area (Å²) in [6.45, 7) is 0.600. The van der Waals surface area contributed by atoms with Crippen molar-refractivity contribution in [1.82, 2.24) is 4.90 Å². The number of hydrogen-bond donors (Lipinski definition) is 0. The molecule has 82 valence electrons. The molecule has 0 atom stereocenters. The number of amides is 1. The lowest BCUT2D eigenvalue weighted by Crippen LogP contribution is -2.34. The van der Waals surface area contributed by atoms with Crippen molar-refractivity contribution in [2.45, 2.75) is 18.9 Å². The smallest absolute Gasteiger partial charge is 0.258 e. The molecule has 15 heavy (non-hydrogen) atoms. The number of rotatable bonds is 4. The maximum atomic E-state index is 12.1. The van der Waals surface area contributed by atoms with Crippen LogP contribution in [0.1, 0.15) is 23.2 Å². The average Bonchev–Trinajstić information content (AvgIpc) is 2.97. The van der Waals surface area contributed by atoms with Crippen molar-refractivity contribution in [3.8, 4) is 0 Å². The fraction of sp³-hybridized carbons (Fsp3) is 0.500. The van der Waals surface area contributed by atoms with Crippen molar-refractivity contribution < 1.29 is 9.21 Å². The molecule has 3 nitrogen and oxygen atoms in total. The van der Waals surface area contributed by atoms with Gasteiger partial charge in [0.05, 0.1) is 11.8 Å². The zero-order valence-corrected chi connectivity index (χ0v) is 10.4. The fourth-order valence-corrected chi connectivity index (χ4v) is 2.12.